The Hall–Kier alpha value is -2.86. The number of nitrogens with zero attached hydrogens (tertiary/aromatic N) is 2. The third-order valence-electron chi connectivity index (χ3n) is 4.02. The molecule has 0 saturated carbocycles. The van der Waals surface area contributed by atoms with Crippen LogP contribution in [0.3, 0.4) is 0 Å². The highest BCUT2D eigenvalue weighted by Crippen LogP contribution is 2.26. The maximum absolute atomic E-state index is 12.1. The standard InChI is InChI=1S/C21H21N3O2S/c1-14(2)17-8-4-16(5-9-17)13-22-24-21-23-20(25)19(27-21)12-15-6-10-18(26-3)11-7-15/h4-14H,1-3H3,(H,23,24,25)/b19-12+,22-13?. The quantitative estimate of drug-likeness (QED) is 0.475. The van der Waals surface area contributed by atoms with E-state index in [2.05, 4.69) is 41.5 Å². The molecule has 6 heteroatoms. The Morgan fingerprint density at radius 1 is 1.04 bits per heavy atom. The number of ether oxygens (including phenoxy) is 1. The molecular formula is C21H21N3O2S. The minimum Gasteiger partial charge on any atom is -0.497 e. The maximum Gasteiger partial charge on any atom is 0.264 e. The van der Waals surface area contributed by atoms with Crippen LogP contribution in [0, 0.1) is 0 Å². The number of hydrogen-bond donors (Lipinski definition) is 1. The SMILES string of the molecule is COc1ccc(/C=C2/SC(=NN=Cc3ccc(C(C)C)cc3)NC2=O)cc1. The molecule has 0 unspecified atom stereocenters. The van der Waals surface area contributed by atoms with Gasteiger partial charge in [-0.05, 0) is 52.6 Å². The number of amides is 1. The Morgan fingerprint density at radius 3 is 2.33 bits per heavy atom. The lowest BCUT2D eigenvalue weighted by Crippen LogP contribution is -2.19. The summed E-state index contributed by atoms with van der Waals surface area (Å²) in [6.07, 6.45) is 3.49. The summed E-state index contributed by atoms with van der Waals surface area (Å²) in [5.41, 5.74) is 3.17. The summed E-state index contributed by atoms with van der Waals surface area (Å²) < 4.78 is 5.14. The Bertz CT molecular complexity index is 898. The number of carbonyl (C=O) groups excluding carboxylic acids is 1. The summed E-state index contributed by atoms with van der Waals surface area (Å²) in [4.78, 5) is 12.7. The topological polar surface area (TPSA) is 63.1 Å². The van der Waals surface area contributed by atoms with E-state index in [1.165, 1.54) is 17.3 Å². The van der Waals surface area contributed by atoms with Crippen LogP contribution in [0.15, 0.2) is 63.6 Å². The Balaban J connectivity index is 1.66. The molecule has 2 aromatic rings. The highest BCUT2D eigenvalue weighted by molar-refractivity contribution is 8.18. The van der Waals surface area contributed by atoms with Crippen LogP contribution in [0.5, 0.6) is 5.75 Å². The predicted molar refractivity (Wildman–Crippen MR) is 112 cm³/mol. The second-order valence-corrected chi connectivity index (χ2v) is 7.34. The molecule has 1 aliphatic heterocycles. The fourth-order valence-electron chi connectivity index (χ4n) is 2.44. The lowest BCUT2D eigenvalue weighted by atomic mass is 10.0. The second kappa shape index (κ2) is 8.68. The molecule has 0 aromatic heterocycles. The number of benzene rings is 2. The fraction of sp³-hybridized carbons (Fsp3) is 0.190. The molecule has 1 N–H and O–H groups in total. The molecule has 5 nitrogen and oxygen atoms in total. The van der Waals surface area contributed by atoms with Crippen LogP contribution in [0.1, 0.15) is 36.5 Å². The molecule has 0 radical (unpaired) electrons. The monoisotopic (exact) mass is 379 g/mol. The molecule has 27 heavy (non-hydrogen) atoms. The molecule has 0 spiro atoms. The van der Waals surface area contributed by atoms with Crippen molar-refractivity contribution in [3.63, 3.8) is 0 Å². The van der Waals surface area contributed by atoms with Crippen LogP contribution in [0.4, 0.5) is 0 Å². The van der Waals surface area contributed by atoms with Gasteiger partial charge in [-0.2, -0.15) is 5.10 Å². The average Bonchev–Trinajstić information content (AvgIpc) is 3.02. The third-order valence-corrected chi connectivity index (χ3v) is 4.92. The normalized spacial score (nSPS) is 17.3. The van der Waals surface area contributed by atoms with Crippen molar-refractivity contribution in [1.29, 1.82) is 0 Å². The van der Waals surface area contributed by atoms with Crippen LogP contribution >= 0.6 is 11.8 Å². The molecule has 138 valence electrons. The Morgan fingerprint density at radius 2 is 1.70 bits per heavy atom. The van der Waals surface area contributed by atoms with Gasteiger partial charge in [0.1, 0.15) is 5.75 Å². The molecule has 3 rings (SSSR count). The van der Waals surface area contributed by atoms with Crippen LogP contribution in [0.25, 0.3) is 6.08 Å². The number of nitrogens with one attached hydrogen (secondary N) is 1. The predicted octanol–water partition coefficient (Wildman–Crippen LogP) is 4.41. The van der Waals surface area contributed by atoms with E-state index < -0.39 is 0 Å². The molecule has 1 aliphatic rings. The summed E-state index contributed by atoms with van der Waals surface area (Å²) in [5.74, 6) is 1.10. The first-order valence-electron chi connectivity index (χ1n) is 8.61. The van der Waals surface area contributed by atoms with Crippen molar-refractivity contribution >= 4 is 35.1 Å². The lowest BCUT2D eigenvalue weighted by molar-refractivity contribution is -0.115. The van der Waals surface area contributed by atoms with Crippen LogP contribution in [-0.4, -0.2) is 24.4 Å². The number of methoxy groups -OCH3 is 1. The summed E-state index contributed by atoms with van der Waals surface area (Å²) in [6.45, 7) is 4.32. The Labute approximate surface area is 163 Å². The molecule has 1 heterocycles. The van der Waals surface area contributed by atoms with Gasteiger partial charge in [-0.15, -0.1) is 5.10 Å². The van der Waals surface area contributed by atoms with Crippen molar-refractivity contribution in [2.24, 2.45) is 10.2 Å². The molecule has 0 atom stereocenters. The summed E-state index contributed by atoms with van der Waals surface area (Å²) in [6, 6.07) is 15.7. The first kappa shape index (κ1) is 18.9. The van der Waals surface area contributed by atoms with Crippen molar-refractivity contribution in [3.8, 4) is 5.75 Å². The van der Waals surface area contributed by atoms with Gasteiger partial charge in [0.15, 0.2) is 5.17 Å². The summed E-state index contributed by atoms with van der Waals surface area (Å²) >= 11 is 1.27. The number of amidine groups is 1. The van der Waals surface area contributed by atoms with Crippen molar-refractivity contribution in [1.82, 2.24) is 5.32 Å². The van der Waals surface area contributed by atoms with E-state index in [0.717, 1.165) is 16.9 Å². The number of thioether (sulfide) groups is 1. The van der Waals surface area contributed by atoms with Gasteiger partial charge in [-0.3, -0.25) is 10.1 Å². The van der Waals surface area contributed by atoms with E-state index in [0.29, 0.717) is 16.0 Å². The first-order valence-corrected chi connectivity index (χ1v) is 9.43. The maximum atomic E-state index is 12.1. The molecule has 1 amide bonds. The van der Waals surface area contributed by atoms with E-state index in [1.807, 2.05) is 42.5 Å². The smallest absolute Gasteiger partial charge is 0.264 e. The van der Waals surface area contributed by atoms with Crippen molar-refractivity contribution in [2.75, 3.05) is 7.11 Å². The number of rotatable bonds is 5. The van der Waals surface area contributed by atoms with Gasteiger partial charge in [0.05, 0.1) is 18.2 Å². The van der Waals surface area contributed by atoms with Crippen LogP contribution in [-0.2, 0) is 4.79 Å². The first-order chi connectivity index (χ1) is 13.0. The summed E-state index contributed by atoms with van der Waals surface area (Å²) in [7, 11) is 1.62. The third kappa shape index (κ3) is 5.08. The van der Waals surface area contributed by atoms with Gasteiger partial charge >= 0.3 is 0 Å². The Kier molecular flexibility index (Phi) is 6.08. The number of hydrogen-bond acceptors (Lipinski definition) is 5. The molecule has 1 saturated heterocycles. The zero-order valence-electron chi connectivity index (χ0n) is 15.5. The van der Waals surface area contributed by atoms with Crippen LogP contribution < -0.4 is 10.1 Å². The minimum absolute atomic E-state index is 0.175. The zero-order chi connectivity index (χ0) is 19.2. The van der Waals surface area contributed by atoms with Gasteiger partial charge in [0, 0.05) is 0 Å². The van der Waals surface area contributed by atoms with E-state index in [-0.39, 0.29) is 5.91 Å². The van der Waals surface area contributed by atoms with Gasteiger partial charge < -0.3 is 4.74 Å². The molecular weight excluding hydrogens is 358 g/mol. The molecule has 2 aromatic carbocycles. The minimum atomic E-state index is -0.175. The van der Waals surface area contributed by atoms with Gasteiger partial charge in [-0.25, -0.2) is 0 Å². The average molecular weight is 379 g/mol. The van der Waals surface area contributed by atoms with Crippen molar-refractivity contribution in [3.05, 3.63) is 70.1 Å². The lowest BCUT2D eigenvalue weighted by Gasteiger charge is -2.03. The zero-order valence-corrected chi connectivity index (χ0v) is 16.3. The fourth-order valence-corrected chi connectivity index (χ4v) is 3.22. The summed E-state index contributed by atoms with van der Waals surface area (Å²) in [5, 5.41) is 11.4. The van der Waals surface area contributed by atoms with Crippen LogP contribution in [0.2, 0.25) is 0 Å². The van der Waals surface area contributed by atoms with Gasteiger partial charge in [0.2, 0.25) is 0 Å². The van der Waals surface area contributed by atoms with Crippen molar-refractivity contribution in [2.45, 2.75) is 19.8 Å². The molecule has 1 fully saturated rings. The highest BCUT2D eigenvalue weighted by Gasteiger charge is 2.23. The van der Waals surface area contributed by atoms with E-state index in [9.17, 15) is 4.79 Å². The largest absolute Gasteiger partial charge is 0.497 e. The van der Waals surface area contributed by atoms with E-state index in [4.69, 9.17) is 4.74 Å². The van der Waals surface area contributed by atoms with Crippen molar-refractivity contribution < 1.29 is 9.53 Å². The molecule has 0 bridgehead atoms. The highest BCUT2D eigenvalue weighted by atomic mass is 32.2. The molecule has 0 aliphatic carbocycles. The second-order valence-electron chi connectivity index (χ2n) is 6.31. The number of carbonyl (C=O) groups is 1. The van der Waals surface area contributed by atoms with Gasteiger partial charge in [-0.1, -0.05) is 50.2 Å². The van der Waals surface area contributed by atoms with E-state index >= 15 is 0 Å². The van der Waals surface area contributed by atoms with Gasteiger partial charge in [0.25, 0.3) is 5.91 Å². The van der Waals surface area contributed by atoms with E-state index in [1.54, 1.807) is 13.3 Å².